The lowest BCUT2D eigenvalue weighted by molar-refractivity contribution is 0.321. The van der Waals surface area contributed by atoms with Crippen LogP contribution in [0.3, 0.4) is 0 Å². The van der Waals surface area contributed by atoms with Crippen molar-refractivity contribution in [3.63, 3.8) is 0 Å². The predicted octanol–water partition coefficient (Wildman–Crippen LogP) is 3.99. The van der Waals surface area contributed by atoms with Crippen LogP contribution in [0.5, 0.6) is 0 Å². The molecule has 21 heavy (non-hydrogen) atoms. The van der Waals surface area contributed by atoms with Crippen molar-refractivity contribution in [1.29, 1.82) is 0 Å². The summed E-state index contributed by atoms with van der Waals surface area (Å²) >= 11 is 0. The van der Waals surface area contributed by atoms with Crippen molar-refractivity contribution in [2.75, 3.05) is 14.1 Å². The van der Waals surface area contributed by atoms with Gasteiger partial charge in [0.05, 0.1) is 5.39 Å². The van der Waals surface area contributed by atoms with Gasteiger partial charge in [0.25, 0.3) is 0 Å². The molecule has 1 aromatic heterocycles. The van der Waals surface area contributed by atoms with Crippen molar-refractivity contribution in [1.82, 2.24) is 4.90 Å². The van der Waals surface area contributed by atoms with Gasteiger partial charge < -0.3 is 9.32 Å². The van der Waals surface area contributed by atoms with Crippen molar-refractivity contribution in [3.05, 3.63) is 58.4 Å². The van der Waals surface area contributed by atoms with Gasteiger partial charge in [0.2, 0.25) is 0 Å². The standard InChI is InChI=1S/C17H17NO2.ClH/c1-11(18(2)3)12-8-9-14-13-6-4-5-7-15(13)17(19)20-16(14)10-12;/h4-11H,1-3H3;1H. The molecule has 3 aromatic rings. The summed E-state index contributed by atoms with van der Waals surface area (Å²) < 4.78 is 5.47. The molecule has 3 nitrogen and oxygen atoms in total. The Bertz CT molecular complexity index is 839. The zero-order valence-corrected chi connectivity index (χ0v) is 13.1. The monoisotopic (exact) mass is 303 g/mol. The molecule has 110 valence electrons. The van der Waals surface area contributed by atoms with Gasteiger partial charge in [0.1, 0.15) is 5.58 Å². The number of halogens is 1. The lowest BCUT2D eigenvalue weighted by Crippen LogP contribution is -2.16. The average molecular weight is 304 g/mol. The van der Waals surface area contributed by atoms with E-state index in [0.717, 1.165) is 16.3 Å². The lowest BCUT2D eigenvalue weighted by Gasteiger charge is -2.20. The Balaban J connectivity index is 0.00000161. The average Bonchev–Trinajstić information content (AvgIpc) is 2.46. The van der Waals surface area contributed by atoms with Crippen molar-refractivity contribution < 1.29 is 4.42 Å². The van der Waals surface area contributed by atoms with E-state index in [9.17, 15) is 4.79 Å². The van der Waals surface area contributed by atoms with Crippen LogP contribution in [0, 0.1) is 0 Å². The maximum atomic E-state index is 12.0. The van der Waals surface area contributed by atoms with E-state index in [1.54, 1.807) is 6.07 Å². The summed E-state index contributed by atoms with van der Waals surface area (Å²) in [5, 5.41) is 2.56. The van der Waals surface area contributed by atoms with Crippen LogP contribution in [0.15, 0.2) is 51.7 Å². The van der Waals surface area contributed by atoms with Gasteiger partial charge in [-0.1, -0.05) is 30.3 Å². The summed E-state index contributed by atoms with van der Waals surface area (Å²) in [6, 6.07) is 13.9. The van der Waals surface area contributed by atoms with E-state index in [-0.39, 0.29) is 24.1 Å². The molecule has 4 heteroatoms. The second-order valence-corrected chi connectivity index (χ2v) is 5.33. The molecule has 1 heterocycles. The molecule has 0 saturated heterocycles. The summed E-state index contributed by atoms with van der Waals surface area (Å²) in [6.45, 7) is 2.13. The van der Waals surface area contributed by atoms with Gasteiger partial charge in [-0.3, -0.25) is 0 Å². The highest BCUT2D eigenvalue weighted by molar-refractivity contribution is 6.04. The molecule has 0 amide bonds. The van der Waals surface area contributed by atoms with Crippen LogP contribution in [-0.2, 0) is 0 Å². The second kappa shape index (κ2) is 5.88. The number of fused-ring (bicyclic) bond motifs is 3. The Morgan fingerprint density at radius 1 is 1.00 bits per heavy atom. The molecular formula is C17H18ClNO2. The molecule has 0 radical (unpaired) electrons. The highest BCUT2D eigenvalue weighted by Gasteiger charge is 2.11. The molecule has 0 spiro atoms. The molecule has 1 atom stereocenters. The van der Waals surface area contributed by atoms with Crippen LogP contribution < -0.4 is 5.63 Å². The number of benzene rings is 2. The van der Waals surface area contributed by atoms with Crippen LogP contribution in [0.25, 0.3) is 21.7 Å². The number of nitrogens with zero attached hydrogens (tertiary/aromatic N) is 1. The Kier molecular flexibility index (Phi) is 4.35. The van der Waals surface area contributed by atoms with Crippen LogP contribution in [0.4, 0.5) is 0 Å². The van der Waals surface area contributed by atoms with Crippen molar-refractivity contribution >= 4 is 34.1 Å². The first-order chi connectivity index (χ1) is 9.58. The van der Waals surface area contributed by atoms with Crippen LogP contribution >= 0.6 is 12.4 Å². The van der Waals surface area contributed by atoms with E-state index >= 15 is 0 Å². The molecule has 0 saturated carbocycles. The Labute approximate surface area is 129 Å². The second-order valence-electron chi connectivity index (χ2n) is 5.33. The van der Waals surface area contributed by atoms with E-state index in [1.165, 1.54) is 0 Å². The first kappa shape index (κ1) is 15.5. The molecular weight excluding hydrogens is 286 g/mol. The Hall–Kier alpha value is -1.84. The fourth-order valence-corrected chi connectivity index (χ4v) is 2.45. The van der Waals surface area contributed by atoms with Crippen LogP contribution in [-0.4, -0.2) is 19.0 Å². The highest BCUT2D eigenvalue weighted by atomic mass is 35.5. The smallest absolute Gasteiger partial charge is 0.344 e. The van der Waals surface area contributed by atoms with E-state index in [0.29, 0.717) is 11.0 Å². The Morgan fingerprint density at radius 2 is 1.67 bits per heavy atom. The third kappa shape index (κ3) is 2.67. The quantitative estimate of drug-likeness (QED) is 0.530. The normalized spacial score (nSPS) is 12.6. The van der Waals surface area contributed by atoms with Crippen molar-refractivity contribution in [2.45, 2.75) is 13.0 Å². The van der Waals surface area contributed by atoms with E-state index in [1.807, 2.05) is 44.4 Å². The minimum atomic E-state index is -0.275. The van der Waals surface area contributed by atoms with Gasteiger partial charge >= 0.3 is 5.63 Å². The first-order valence-electron chi connectivity index (χ1n) is 6.70. The van der Waals surface area contributed by atoms with Gasteiger partial charge in [-0.05, 0) is 44.1 Å². The lowest BCUT2D eigenvalue weighted by atomic mass is 10.0. The summed E-state index contributed by atoms with van der Waals surface area (Å²) in [6.07, 6.45) is 0. The summed E-state index contributed by atoms with van der Waals surface area (Å²) in [5.74, 6) is 0. The largest absolute Gasteiger partial charge is 0.422 e. The maximum Gasteiger partial charge on any atom is 0.344 e. The highest BCUT2D eigenvalue weighted by Crippen LogP contribution is 2.26. The van der Waals surface area contributed by atoms with Crippen molar-refractivity contribution in [3.8, 4) is 0 Å². The summed E-state index contributed by atoms with van der Waals surface area (Å²) in [5.41, 5.74) is 1.52. The molecule has 0 N–H and O–H groups in total. The molecule has 1 unspecified atom stereocenters. The van der Waals surface area contributed by atoms with Crippen LogP contribution in [0.1, 0.15) is 18.5 Å². The minimum absolute atomic E-state index is 0. The fraction of sp³-hybridized carbons (Fsp3) is 0.235. The molecule has 0 fully saturated rings. The van der Waals surface area contributed by atoms with Crippen LogP contribution in [0.2, 0.25) is 0 Å². The zero-order valence-electron chi connectivity index (χ0n) is 12.3. The molecule has 0 aliphatic heterocycles. The molecule has 0 aliphatic carbocycles. The predicted molar refractivity (Wildman–Crippen MR) is 89.3 cm³/mol. The van der Waals surface area contributed by atoms with E-state index < -0.39 is 0 Å². The number of hydrogen-bond donors (Lipinski definition) is 0. The zero-order chi connectivity index (χ0) is 14.3. The first-order valence-corrected chi connectivity index (χ1v) is 6.70. The van der Waals surface area contributed by atoms with E-state index in [4.69, 9.17) is 4.42 Å². The molecule has 3 rings (SSSR count). The SMILES string of the molecule is CC(c1ccc2c(c1)oc(=O)c1ccccc12)N(C)C.Cl. The van der Waals surface area contributed by atoms with Gasteiger partial charge in [0.15, 0.2) is 0 Å². The fourth-order valence-electron chi connectivity index (χ4n) is 2.45. The third-order valence-electron chi connectivity index (χ3n) is 3.90. The van der Waals surface area contributed by atoms with Gasteiger partial charge in [-0.25, -0.2) is 4.79 Å². The summed E-state index contributed by atoms with van der Waals surface area (Å²) in [4.78, 5) is 14.2. The van der Waals surface area contributed by atoms with Gasteiger partial charge in [-0.15, -0.1) is 12.4 Å². The molecule has 2 aromatic carbocycles. The summed E-state index contributed by atoms with van der Waals surface area (Å²) in [7, 11) is 4.07. The topological polar surface area (TPSA) is 33.5 Å². The Morgan fingerprint density at radius 3 is 2.33 bits per heavy atom. The van der Waals surface area contributed by atoms with E-state index in [2.05, 4.69) is 17.9 Å². The number of rotatable bonds is 2. The van der Waals surface area contributed by atoms with Crippen molar-refractivity contribution in [2.24, 2.45) is 0 Å². The maximum absolute atomic E-state index is 12.0. The molecule has 0 aliphatic rings. The molecule has 0 bridgehead atoms. The van der Waals surface area contributed by atoms with Gasteiger partial charge in [-0.2, -0.15) is 0 Å². The third-order valence-corrected chi connectivity index (χ3v) is 3.90. The van der Waals surface area contributed by atoms with Gasteiger partial charge in [0, 0.05) is 11.4 Å². The minimum Gasteiger partial charge on any atom is -0.422 e. The number of hydrogen-bond acceptors (Lipinski definition) is 3.